The summed E-state index contributed by atoms with van der Waals surface area (Å²) in [6, 6.07) is 11.4. The molecule has 0 spiro atoms. The first-order valence-electron chi connectivity index (χ1n) is 8.57. The van der Waals surface area contributed by atoms with Crippen molar-refractivity contribution in [3.63, 3.8) is 0 Å². The van der Waals surface area contributed by atoms with Crippen molar-refractivity contribution in [2.75, 3.05) is 25.1 Å². The van der Waals surface area contributed by atoms with Gasteiger partial charge in [0.05, 0.1) is 23.7 Å². The zero-order valence-electron chi connectivity index (χ0n) is 14.4. The smallest absolute Gasteiger partial charge is 0.337 e. The summed E-state index contributed by atoms with van der Waals surface area (Å²) in [5, 5.41) is 0. The molecule has 1 fully saturated rings. The molecule has 6 heteroatoms. The molecule has 2 heterocycles. The van der Waals surface area contributed by atoms with E-state index < -0.39 is 5.97 Å². The fourth-order valence-corrected chi connectivity index (χ4v) is 3.24. The molecule has 0 N–H and O–H groups in total. The van der Waals surface area contributed by atoms with Crippen molar-refractivity contribution in [1.82, 2.24) is 9.97 Å². The van der Waals surface area contributed by atoms with E-state index in [2.05, 4.69) is 4.90 Å². The highest BCUT2D eigenvalue weighted by Crippen LogP contribution is 2.32. The minimum atomic E-state index is -0.404. The summed E-state index contributed by atoms with van der Waals surface area (Å²) < 4.78 is 18.1. The summed E-state index contributed by atoms with van der Waals surface area (Å²) >= 11 is 0. The number of anilines is 1. The highest BCUT2D eigenvalue weighted by atomic mass is 19.1. The maximum Gasteiger partial charge on any atom is 0.337 e. The standard InChI is InChI=1S/C20H18FN3O2/c1-26-20(25)14-6-9-16-17(12-14)23-19(24-10-2-3-11-24)18(22-16)13-4-7-15(21)8-5-13/h4-9,12H,2-3,10-11H2,1H3. The van der Waals surface area contributed by atoms with Crippen molar-refractivity contribution in [1.29, 1.82) is 0 Å². The Morgan fingerprint density at radius 1 is 1.04 bits per heavy atom. The van der Waals surface area contributed by atoms with Gasteiger partial charge in [0.25, 0.3) is 0 Å². The van der Waals surface area contributed by atoms with Crippen LogP contribution in [0.5, 0.6) is 0 Å². The van der Waals surface area contributed by atoms with Crippen molar-refractivity contribution < 1.29 is 13.9 Å². The maximum atomic E-state index is 13.3. The number of halogens is 1. The Labute approximate surface area is 150 Å². The van der Waals surface area contributed by atoms with Crippen LogP contribution >= 0.6 is 0 Å². The fourth-order valence-electron chi connectivity index (χ4n) is 3.24. The maximum absolute atomic E-state index is 13.3. The lowest BCUT2D eigenvalue weighted by molar-refractivity contribution is 0.0601. The summed E-state index contributed by atoms with van der Waals surface area (Å²) in [4.78, 5) is 23.6. The van der Waals surface area contributed by atoms with Crippen LogP contribution in [0.25, 0.3) is 22.3 Å². The minimum absolute atomic E-state index is 0.284. The molecule has 1 aliphatic heterocycles. The Hall–Kier alpha value is -3.02. The molecule has 132 valence electrons. The summed E-state index contributed by atoms with van der Waals surface area (Å²) in [6.07, 6.45) is 2.20. The first-order valence-corrected chi connectivity index (χ1v) is 8.57. The number of carbonyl (C=O) groups excluding carboxylic acids is 1. The third kappa shape index (κ3) is 2.98. The van der Waals surface area contributed by atoms with E-state index in [1.807, 2.05) is 0 Å². The highest BCUT2D eigenvalue weighted by Gasteiger charge is 2.21. The molecule has 0 amide bonds. The molecule has 2 aromatic carbocycles. The zero-order valence-corrected chi connectivity index (χ0v) is 14.4. The van der Waals surface area contributed by atoms with Gasteiger partial charge in [0.1, 0.15) is 11.5 Å². The van der Waals surface area contributed by atoms with Crippen LogP contribution in [0.1, 0.15) is 23.2 Å². The molecule has 0 bridgehead atoms. The average Bonchev–Trinajstić information content (AvgIpc) is 3.21. The van der Waals surface area contributed by atoms with Gasteiger partial charge in [0.2, 0.25) is 0 Å². The predicted molar refractivity (Wildman–Crippen MR) is 97.7 cm³/mol. The first kappa shape index (κ1) is 16.4. The van der Waals surface area contributed by atoms with E-state index in [1.54, 1.807) is 30.3 Å². The summed E-state index contributed by atoms with van der Waals surface area (Å²) in [7, 11) is 1.35. The van der Waals surface area contributed by atoms with Crippen LogP contribution in [0.4, 0.5) is 10.2 Å². The lowest BCUT2D eigenvalue weighted by Gasteiger charge is -2.20. The van der Waals surface area contributed by atoms with Gasteiger partial charge < -0.3 is 9.64 Å². The molecule has 1 aliphatic rings. The molecule has 0 atom stereocenters. The summed E-state index contributed by atoms with van der Waals surface area (Å²) in [5.41, 5.74) is 3.31. The average molecular weight is 351 g/mol. The Morgan fingerprint density at radius 3 is 2.46 bits per heavy atom. The molecular weight excluding hydrogens is 333 g/mol. The van der Waals surface area contributed by atoms with Gasteiger partial charge in [-0.15, -0.1) is 0 Å². The molecule has 5 nitrogen and oxygen atoms in total. The Kier molecular flexibility index (Phi) is 4.24. The van der Waals surface area contributed by atoms with E-state index in [0.717, 1.165) is 43.0 Å². The molecule has 26 heavy (non-hydrogen) atoms. The minimum Gasteiger partial charge on any atom is -0.465 e. The monoisotopic (exact) mass is 351 g/mol. The fraction of sp³-hybridized carbons (Fsp3) is 0.250. The second kappa shape index (κ2) is 6.71. The Bertz CT molecular complexity index is 967. The third-order valence-corrected chi connectivity index (χ3v) is 4.59. The topological polar surface area (TPSA) is 55.3 Å². The van der Waals surface area contributed by atoms with Gasteiger partial charge >= 0.3 is 5.97 Å². The highest BCUT2D eigenvalue weighted by molar-refractivity contribution is 5.94. The number of benzene rings is 2. The number of methoxy groups -OCH3 is 1. The summed E-state index contributed by atoms with van der Waals surface area (Å²) in [6.45, 7) is 1.82. The lowest BCUT2D eigenvalue weighted by atomic mass is 10.1. The van der Waals surface area contributed by atoms with E-state index in [4.69, 9.17) is 14.7 Å². The molecule has 0 aliphatic carbocycles. The van der Waals surface area contributed by atoms with E-state index in [0.29, 0.717) is 16.6 Å². The van der Waals surface area contributed by atoms with E-state index in [9.17, 15) is 9.18 Å². The van der Waals surface area contributed by atoms with Gasteiger partial charge in [-0.3, -0.25) is 0 Å². The SMILES string of the molecule is COC(=O)c1ccc2nc(-c3ccc(F)cc3)c(N3CCCC3)nc2c1. The van der Waals surface area contributed by atoms with Gasteiger partial charge in [-0.1, -0.05) is 0 Å². The zero-order chi connectivity index (χ0) is 18.1. The van der Waals surface area contributed by atoms with Crippen LogP contribution in [0, 0.1) is 5.82 Å². The van der Waals surface area contributed by atoms with E-state index >= 15 is 0 Å². The van der Waals surface area contributed by atoms with Gasteiger partial charge in [0.15, 0.2) is 5.82 Å². The Morgan fingerprint density at radius 2 is 1.77 bits per heavy atom. The molecule has 4 rings (SSSR count). The number of esters is 1. The number of hydrogen-bond donors (Lipinski definition) is 0. The molecule has 3 aromatic rings. The number of hydrogen-bond acceptors (Lipinski definition) is 5. The largest absolute Gasteiger partial charge is 0.465 e. The normalized spacial score (nSPS) is 14.0. The lowest BCUT2D eigenvalue weighted by Crippen LogP contribution is -2.20. The second-order valence-electron chi connectivity index (χ2n) is 6.29. The van der Waals surface area contributed by atoms with E-state index in [1.165, 1.54) is 19.2 Å². The predicted octanol–water partition coefficient (Wildman–Crippen LogP) is 3.82. The van der Waals surface area contributed by atoms with Gasteiger partial charge in [0, 0.05) is 18.7 Å². The van der Waals surface area contributed by atoms with Crippen molar-refractivity contribution >= 4 is 22.8 Å². The Balaban J connectivity index is 1.89. The number of fused-ring (bicyclic) bond motifs is 1. The number of ether oxygens (including phenoxy) is 1. The molecule has 1 aromatic heterocycles. The first-order chi connectivity index (χ1) is 12.7. The molecular formula is C20H18FN3O2. The van der Waals surface area contributed by atoms with Crippen LogP contribution in [-0.4, -0.2) is 36.1 Å². The molecule has 1 saturated heterocycles. The molecule has 0 unspecified atom stereocenters. The van der Waals surface area contributed by atoms with Crippen LogP contribution in [0.3, 0.4) is 0 Å². The quantitative estimate of drug-likeness (QED) is 0.672. The van der Waals surface area contributed by atoms with Crippen molar-refractivity contribution in [2.45, 2.75) is 12.8 Å². The van der Waals surface area contributed by atoms with Gasteiger partial charge in [-0.25, -0.2) is 19.2 Å². The number of carbonyl (C=O) groups is 1. The van der Waals surface area contributed by atoms with Crippen LogP contribution in [0.15, 0.2) is 42.5 Å². The van der Waals surface area contributed by atoms with Crippen molar-refractivity contribution in [2.24, 2.45) is 0 Å². The van der Waals surface area contributed by atoms with E-state index in [-0.39, 0.29) is 5.82 Å². The van der Waals surface area contributed by atoms with Crippen molar-refractivity contribution in [3.05, 3.63) is 53.8 Å². The number of rotatable bonds is 3. The van der Waals surface area contributed by atoms with Crippen LogP contribution in [-0.2, 0) is 4.74 Å². The van der Waals surface area contributed by atoms with Crippen molar-refractivity contribution in [3.8, 4) is 11.3 Å². The summed E-state index contributed by atoms with van der Waals surface area (Å²) in [5.74, 6) is 0.0793. The number of nitrogens with zero attached hydrogens (tertiary/aromatic N) is 3. The third-order valence-electron chi connectivity index (χ3n) is 4.59. The second-order valence-corrected chi connectivity index (χ2v) is 6.29. The van der Waals surface area contributed by atoms with Gasteiger partial charge in [-0.05, 0) is 55.3 Å². The molecule has 0 saturated carbocycles. The molecule has 0 radical (unpaired) electrons. The van der Waals surface area contributed by atoms with Gasteiger partial charge in [-0.2, -0.15) is 0 Å². The van der Waals surface area contributed by atoms with Crippen LogP contribution in [0.2, 0.25) is 0 Å². The number of aromatic nitrogens is 2. The van der Waals surface area contributed by atoms with Crippen LogP contribution < -0.4 is 4.90 Å².